The highest BCUT2D eigenvalue weighted by Crippen LogP contribution is 2.62. The molecule has 0 heterocycles. The maximum atomic E-state index is 11.3. The molecule has 0 spiro atoms. The summed E-state index contributed by atoms with van der Waals surface area (Å²) in [5, 5.41) is 215. The Bertz CT molecular complexity index is 4070. The molecular formula is C62H44N2O20. The van der Waals surface area contributed by atoms with E-state index in [2.05, 4.69) is 0 Å². The smallest absolute Gasteiger partial charge is 0.208 e. The van der Waals surface area contributed by atoms with Crippen LogP contribution in [0.4, 0.5) is 34.1 Å². The molecule has 0 radical (unpaired) electrons. The van der Waals surface area contributed by atoms with Gasteiger partial charge in [0.25, 0.3) is 0 Å². The molecule has 0 unspecified atom stereocenters. The van der Waals surface area contributed by atoms with Crippen LogP contribution in [-0.4, -0.2) is 102 Å². The van der Waals surface area contributed by atoms with Crippen LogP contribution >= 0.6 is 0 Å². The Hall–Kier alpha value is -12.5. The van der Waals surface area contributed by atoms with Gasteiger partial charge in [-0.25, -0.2) is 0 Å². The SMILES string of the molecule is Oc1c(O)c(O)c(-c2ccc(N(c3ccc(-c4c5ccccc5c(-c5ccc(N(c6ccc(-c7c(O)c(O)c(O)c(O)c7O)cc6)c6c(O)c(O)c(O)c(O)c6O)cc5)c5ccccc45)cc3)c3c(O)c(O)c(O)c(O)c3O)cc2)c(O)c1O. The van der Waals surface area contributed by atoms with E-state index in [1.165, 1.54) is 58.3 Å². The Morgan fingerprint density at radius 1 is 0.167 bits per heavy atom. The topological polar surface area (TPSA) is 411 Å². The first-order valence-corrected chi connectivity index (χ1v) is 24.8. The molecule has 0 saturated carbocycles. The minimum absolute atomic E-state index is 0.00996. The number of hydrogen-bond acceptors (Lipinski definition) is 22. The van der Waals surface area contributed by atoms with Gasteiger partial charge in [-0.05, 0) is 103 Å². The van der Waals surface area contributed by atoms with Gasteiger partial charge in [-0.3, -0.25) is 0 Å². The Morgan fingerprint density at radius 2 is 0.333 bits per heavy atom. The van der Waals surface area contributed by atoms with Gasteiger partial charge in [-0.1, -0.05) is 97.1 Å². The molecule has 0 aliphatic rings. The fourth-order valence-electron chi connectivity index (χ4n) is 10.4. The van der Waals surface area contributed by atoms with Gasteiger partial charge in [-0.2, -0.15) is 0 Å². The van der Waals surface area contributed by atoms with E-state index in [0.29, 0.717) is 11.1 Å². The molecule has 0 bridgehead atoms. The van der Waals surface area contributed by atoms with Crippen LogP contribution in [0.2, 0.25) is 0 Å². The fraction of sp³-hybridized carbons (Fsp3) is 0. The summed E-state index contributed by atoms with van der Waals surface area (Å²) in [4.78, 5) is 2.40. The largest absolute Gasteiger partial charge is 0.504 e. The van der Waals surface area contributed by atoms with E-state index in [1.54, 1.807) is 48.5 Å². The van der Waals surface area contributed by atoms with Gasteiger partial charge in [0, 0.05) is 22.7 Å². The van der Waals surface area contributed by atoms with Gasteiger partial charge in [0.15, 0.2) is 46.0 Å². The normalized spacial score (nSPS) is 11.3. The van der Waals surface area contributed by atoms with Crippen molar-refractivity contribution < 1.29 is 102 Å². The molecule has 22 nitrogen and oxygen atoms in total. The summed E-state index contributed by atoms with van der Waals surface area (Å²) in [6.07, 6.45) is 0. The molecule has 0 aliphatic carbocycles. The summed E-state index contributed by atoms with van der Waals surface area (Å²) >= 11 is 0. The first kappa shape index (κ1) is 53.5. The Balaban J connectivity index is 1.02. The molecule has 22 heteroatoms. The van der Waals surface area contributed by atoms with Crippen LogP contribution in [0.15, 0.2) is 146 Å². The van der Waals surface area contributed by atoms with E-state index in [0.717, 1.165) is 32.7 Å². The van der Waals surface area contributed by atoms with Crippen molar-refractivity contribution in [2.24, 2.45) is 0 Å². The fourth-order valence-corrected chi connectivity index (χ4v) is 10.4. The standard InChI is InChI=1S/C62H44N2O20/c65-43-39(44(66)52(74)59(81)51(43)73)27-13-21-31(22-14-27)63(41-47(69)55(77)61(83)56(78)48(41)70)29-17-9-25(10-18-29)37-33-5-1-2-6-34(33)38(36-8-4-3-7-35(36)37)26-11-19-30(20-12-26)64(42-49(71)57(79)62(84)58(80)50(42)72)32-23-15-28(16-24-32)40-45(67)53(75)60(82)54(76)46(40)68/h1-24,65-84H. The Labute approximate surface area is 471 Å². The highest BCUT2D eigenvalue weighted by Gasteiger charge is 2.33. The molecule has 11 rings (SSSR count). The molecular weight excluding hydrogens is 1090 g/mol. The molecule has 422 valence electrons. The van der Waals surface area contributed by atoms with Crippen molar-refractivity contribution >= 4 is 55.7 Å². The van der Waals surface area contributed by atoms with E-state index in [9.17, 15) is 102 Å². The average molecular weight is 1140 g/mol. The molecule has 0 fully saturated rings. The third-order valence-corrected chi connectivity index (χ3v) is 14.5. The predicted molar refractivity (Wildman–Crippen MR) is 306 cm³/mol. The molecule has 84 heavy (non-hydrogen) atoms. The van der Waals surface area contributed by atoms with Gasteiger partial charge < -0.3 is 112 Å². The zero-order chi connectivity index (χ0) is 60.1. The molecule has 0 aromatic heterocycles. The van der Waals surface area contributed by atoms with Gasteiger partial charge >= 0.3 is 0 Å². The first-order valence-electron chi connectivity index (χ1n) is 24.8. The number of aromatic hydroxyl groups is 20. The molecule has 0 saturated heterocycles. The number of phenols is 20. The van der Waals surface area contributed by atoms with Crippen molar-refractivity contribution in [3.63, 3.8) is 0 Å². The predicted octanol–water partition coefficient (Wildman–Crippen LogP) is 11.7. The van der Waals surface area contributed by atoms with E-state index >= 15 is 0 Å². The molecule has 11 aromatic rings. The molecule has 0 amide bonds. The van der Waals surface area contributed by atoms with Crippen molar-refractivity contribution in [2.45, 2.75) is 0 Å². The Morgan fingerprint density at radius 3 is 0.536 bits per heavy atom. The molecule has 0 atom stereocenters. The van der Waals surface area contributed by atoms with Crippen LogP contribution in [-0.2, 0) is 0 Å². The van der Waals surface area contributed by atoms with Crippen LogP contribution < -0.4 is 9.80 Å². The lowest BCUT2D eigenvalue weighted by atomic mass is 9.86. The number of hydrogen-bond donors (Lipinski definition) is 20. The monoisotopic (exact) mass is 1140 g/mol. The van der Waals surface area contributed by atoms with Crippen LogP contribution in [0.5, 0.6) is 115 Å². The van der Waals surface area contributed by atoms with Gasteiger partial charge in [-0.15, -0.1) is 0 Å². The van der Waals surface area contributed by atoms with Gasteiger partial charge in [0.2, 0.25) is 69.0 Å². The second-order valence-electron chi connectivity index (χ2n) is 19.1. The van der Waals surface area contributed by atoms with E-state index in [1.807, 2.05) is 48.5 Å². The van der Waals surface area contributed by atoms with Crippen molar-refractivity contribution in [1.82, 2.24) is 0 Å². The third-order valence-electron chi connectivity index (χ3n) is 14.5. The lowest BCUT2D eigenvalue weighted by Crippen LogP contribution is -2.11. The minimum Gasteiger partial charge on any atom is -0.504 e. The molecule has 20 N–H and O–H groups in total. The maximum absolute atomic E-state index is 11.3. The number of anilines is 6. The van der Waals surface area contributed by atoms with Crippen LogP contribution in [0.3, 0.4) is 0 Å². The van der Waals surface area contributed by atoms with Crippen molar-refractivity contribution in [2.75, 3.05) is 9.80 Å². The summed E-state index contributed by atoms with van der Waals surface area (Å²) in [6.45, 7) is 0. The zero-order valence-corrected chi connectivity index (χ0v) is 42.7. The highest BCUT2D eigenvalue weighted by molar-refractivity contribution is 6.21. The Kier molecular flexibility index (Phi) is 12.6. The van der Waals surface area contributed by atoms with Crippen molar-refractivity contribution in [3.05, 3.63) is 146 Å². The summed E-state index contributed by atoms with van der Waals surface area (Å²) in [7, 11) is 0. The zero-order valence-electron chi connectivity index (χ0n) is 42.7. The van der Waals surface area contributed by atoms with Gasteiger partial charge in [0.1, 0.15) is 11.4 Å². The highest BCUT2D eigenvalue weighted by atomic mass is 16.4. The van der Waals surface area contributed by atoms with Crippen molar-refractivity contribution in [3.8, 4) is 159 Å². The second-order valence-corrected chi connectivity index (χ2v) is 19.1. The van der Waals surface area contributed by atoms with E-state index < -0.39 is 137 Å². The number of benzene rings is 11. The third kappa shape index (κ3) is 8.04. The average Bonchev–Trinajstić information content (AvgIpc) is 3.60. The maximum Gasteiger partial charge on any atom is 0.208 e. The second kappa shape index (κ2) is 19.7. The first-order chi connectivity index (χ1) is 40.0. The summed E-state index contributed by atoms with van der Waals surface area (Å²) in [5.41, 5.74) is 1.09. The lowest BCUT2D eigenvalue weighted by Gasteiger charge is -2.28. The van der Waals surface area contributed by atoms with Gasteiger partial charge in [0.05, 0.1) is 11.1 Å². The number of rotatable bonds is 10. The number of phenolic OH excluding ortho intramolecular Hbond substituents is 20. The number of fused-ring (bicyclic) bond motifs is 2. The van der Waals surface area contributed by atoms with Crippen LogP contribution in [0.1, 0.15) is 0 Å². The summed E-state index contributed by atoms with van der Waals surface area (Å²) < 4.78 is 0. The number of nitrogens with zero attached hydrogens (tertiary/aromatic N) is 2. The van der Waals surface area contributed by atoms with Crippen LogP contribution in [0, 0.1) is 0 Å². The lowest BCUT2D eigenvalue weighted by molar-refractivity contribution is 0.329. The van der Waals surface area contributed by atoms with Crippen LogP contribution in [0.25, 0.3) is 66.1 Å². The quantitative estimate of drug-likeness (QED) is 0.0343. The van der Waals surface area contributed by atoms with E-state index in [4.69, 9.17) is 0 Å². The summed E-state index contributed by atoms with van der Waals surface area (Å²) in [6, 6.07) is 38.8. The molecule has 11 aromatic carbocycles. The molecule has 0 aliphatic heterocycles. The van der Waals surface area contributed by atoms with Crippen molar-refractivity contribution in [1.29, 1.82) is 0 Å². The summed E-state index contributed by atoms with van der Waals surface area (Å²) in [5.74, 6) is -22.1. The minimum atomic E-state index is -1.22. The van der Waals surface area contributed by atoms with E-state index in [-0.39, 0.29) is 33.9 Å².